The van der Waals surface area contributed by atoms with Gasteiger partial charge >= 0.3 is 11.9 Å². The number of carbonyl (C=O) groups excluding carboxylic acids is 2. The zero-order chi connectivity index (χ0) is 18.0. The van der Waals surface area contributed by atoms with E-state index in [0.717, 1.165) is 17.0 Å². The van der Waals surface area contributed by atoms with Gasteiger partial charge in [-0.2, -0.15) is 0 Å². The van der Waals surface area contributed by atoms with Crippen molar-refractivity contribution in [1.82, 2.24) is 9.55 Å². The summed E-state index contributed by atoms with van der Waals surface area (Å²) in [6.45, 7) is 3.38. The molecular formula is C19H18N2O4. The van der Waals surface area contributed by atoms with Crippen molar-refractivity contribution >= 4 is 23.0 Å². The average molecular weight is 338 g/mol. The lowest BCUT2D eigenvalue weighted by Crippen LogP contribution is -2.25. The number of hydrogen-bond donors (Lipinski definition) is 0. The smallest absolute Gasteiger partial charge is 0.346 e. The molecule has 0 aliphatic heterocycles. The van der Waals surface area contributed by atoms with Crippen molar-refractivity contribution in [2.45, 2.75) is 20.0 Å². The molecule has 2 aromatic carbocycles. The largest absolute Gasteiger partial charge is 0.466 e. The molecule has 0 radical (unpaired) electrons. The van der Waals surface area contributed by atoms with E-state index in [-0.39, 0.29) is 0 Å². The van der Waals surface area contributed by atoms with Gasteiger partial charge in [-0.05, 0) is 44.2 Å². The van der Waals surface area contributed by atoms with Crippen molar-refractivity contribution < 1.29 is 19.1 Å². The standard InChI is InChI=1S/C19H18N2O4/c1-12(18(22)24-3)25-19(23)14-9-10-17-16(11-14)20-13(2)21(17)15-7-5-4-6-8-15/h4-12H,1-3H3/t12-/m0/s1. The third-order valence-electron chi connectivity index (χ3n) is 3.89. The van der Waals surface area contributed by atoms with E-state index in [0.29, 0.717) is 11.1 Å². The minimum absolute atomic E-state index is 0.334. The second-order valence-corrected chi connectivity index (χ2v) is 5.60. The first-order valence-electron chi connectivity index (χ1n) is 7.84. The number of hydrogen-bond acceptors (Lipinski definition) is 5. The molecule has 0 aliphatic rings. The normalized spacial score (nSPS) is 12.0. The third kappa shape index (κ3) is 3.24. The fraction of sp³-hybridized carbons (Fsp3) is 0.211. The molecule has 1 aromatic heterocycles. The van der Waals surface area contributed by atoms with Crippen LogP contribution in [0.5, 0.6) is 0 Å². The molecule has 0 saturated carbocycles. The van der Waals surface area contributed by atoms with E-state index < -0.39 is 18.0 Å². The van der Waals surface area contributed by atoms with Crippen LogP contribution in [0.2, 0.25) is 0 Å². The SMILES string of the molecule is COC(=O)[C@H](C)OC(=O)c1ccc2c(c1)nc(C)n2-c1ccccc1. The van der Waals surface area contributed by atoms with Gasteiger partial charge in [-0.25, -0.2) is 14.6 Å². The lowest BCUT2D eigenvalue weighted by molar-refractivity contribution is -0.149. The first-order chi connectivity index (χ1) is 12.0. The lowest BCUT2D eigenvalue weighted by atomic mass is 10.2. The van der Waals surface area contributed by atoms with Crippen LogP contribution in [0.15, 0.2) is 48.5 Å². The summed E-state index contributed by atoms with van der Waals surface area (Å²) < 4.78 is 11.7. The van der Waals surface area contributed by atoms with Crippen LogP contribution >= 0.6 is 0 Å². The maximum atomic E-state index is 12.2. The predicted octanol–water partition coefficient (Wildman–Crippen LogP) is 3.05. The highest BCUT2D eigenvalue weighted by molar-refractivity contribution is 5.95. The van der Waals surface area contributed by atoms with Crippen LogP contribution in [0.3, 0.4) is 0 Å². The summed E-state index contributed by atoms with van der Waals surface area (Å²) in [5.74, 6) is -0.375. The van der Waals surface area contributed by atoms with Crippen LogP contribution in [0, 0.1) is 6.92 Å². The fourth-order valence-corrected chi connectivity index (χ4v) is 2.67. The van der Waals surface area contributed by atoms with Crippen molar-refractivity contribution in [3.63, 3.8) is 0 Å². The van der Waals surface area contributed by atoms with E-state index in [9.17, 15) is 9.59 Å². The van der Waals surface area contributed by atoms with Gasteiger partial charge in [-0.1, -0.05) is 18.2 Å². The number of para-hydroxylation sites is 1. The molecule has 1 atom stereocenters. The molecule has 0 amide bonds. The van der Waals surface area contributed by atoms with Crippen LogP contribution in [0.1, 0.15) is 23.1 Å². The summed E-state index contributed by atoms with van der Waals surface area (Å²) >= 11 is 0. The van der Waals surface area contributed by atoms with Gasteiger partial charge in [0.25, 0.3) is 0 Å². The Kier molecular flexibility index (Phi) is 4.52. The fourth-order valence-electron chi connectivity index (χ4n) is 2.67. The average Bonchev–Trinajstić information content (AvgIpc) is 2.96. The van der Waals surface area contributed by atoms with Crippen molar-refractivity contribution in [3.05, 3.63) is 59.9 Å². The molecule has 0 fully saturated rings. The van der Waals surface area contributed by atoms with Gasteiger partial charge in [0.05, 0.1) is 23.7 Å². The number of carbonyl (C=O) groups is 2. The topological polar surface area (TPSA) is 70.4 Å². The minimum atomic E-state index is -0.961. The summed E-state index contributed by atoms with van der Waals surface area (Å²) in [4.78, 5) is 28.1. The third-order valence-corrected chi connectivity index (χ3v) is 3.89. The van der Waals surface area contributed by atoms with Crippen molar-refractivity contribution in [3.8, 4) is 5.69 Å². The zero-order valence-electron chi connectivity index (χ0n) is 14.2. The quantitative estimate of drug-likeness (QED) is 0.684. The van der Waals surface area contributed by atoms with E-state index in [1.54, 1.807) is 12.1 Å². The number of benzene rings is 2. The van der Waals surface area contributed by atoms with Gasteiger partial charge in [0.1, 0.15) is 5.82 Å². The highest BCUT2D eigenvalue weighted by Crippen LogP contribution is 2.22. The number of imidazole rings is 1. The Morgan fingerprint density at radius 3 is 2.52 bits per heavy atom. The van der Waals surface area contributed by atoms with Crippen LogP contribution in [0.4, 0.5) is 0 Å². The first-order valence-corrected chi connectivity index (χ1v) is 7.84. The van der Waals surface area contributed by atoms with Gasteiger partial charge in [0, 0.05) is 5.69 Å². The molecule has 1 heterocycles. The van der Waals surface area contributed by atoms with Gasteiger partial charge < -0.3 is 9.47 Å². The second-order valence-electron chi connectivity index (χ2n) is 5.60. The monoisotopic (exact) mass is 338 g/mol. The van der Waals surface area contributed by atoms with Gasteiger partial charge in [-0.3, -0.25) is 4.57 Å². The van der Waals surface area contributed by atoms with E-state index in [4.69, 9.17) is 4.74 Å². The Bertz CT molecular complexity index is 931. The van der Waals surface area contributed by atoms with E-state index in [1.807, 2.05) is 47.9 Å². The molecular weight excluding hydrogens is 320 g/mol. The van der Waals surface area contributed by atoms with Crippen molar-refractivity contribution in [1.29, 1.82) is 0 Å². The lowest BCUT2D eigenvalue weighted by Gasteiger charge is -2.11. The summed E-state index contributed by atoms with van der Waals surface area (Å²) in [6, 6.07) is 15.0. The molecule has 0 aliphatic carbocycles. The van der Waals surface area contributed by atoms with Crippen molar-refractivity contribution in [2.24, 2.45) is 0 Å². The molecule has 0 spiro atoms. The Hall–Kier alpha value is -3.15. The van der Waals surface area contributed by atoms with E-state index in [1.165, 1.54) is 14.0 Å². The van der Waals surface area contributed by atoms with Crippen molar-refractivity contribution in [2.75, 3.05) is 7.11 Å². The van der Waals surface area contributed by atoms with Crippen LogP contribution in [0.25, 0.3) is 16.7 Å². The molecule has 0 unspecified atom stereocenters. The van der Waals surface area contributed by atoms with E-state index in [2.05, 4.69) is 9.72 Å². The maximum Gasteiger partial charge on any atom is 0.346 e. The number of methoxy groups -OCH3 is 1. The molecule has 25 heavy (non-hydrogen) atoms. The van der Waals surface area contributed by atoms with Gasteiger partial charge in [-0.15, -0.1) is 0 Å². The molecule has 6 heteroatoms. The van der Waals surface area contributed by atoms with E-state index >= 15 is 0 Å². The Labute approximate surface area is 145 Å². The molecule has 3 rings (SSSR count). The first kappa shape index (κ1) is 16.7. The Morgan fingerprint density at radius 1 is 1.12 bits per heavy atom. The Balaban J connectivity index is 1.94. The number of ether oxygens (including phenoxy) is 2. The predicted molar refractivity (Wildman–Crippen MR) is 92.7 cm³/mol. The summed E-state index contributed by atoms with van der Waals surface area (Å²) in [6.07, 6.45) is -0.961. The zero-order valence-corrected chi connectivity index (χ0v) is 14.2. The number of rotatable bonds is 4. The molecule has 6 nitrogen and oxygen atoms in total. The molecule has 128 valence electrons. The number of esters is 2. The summed E-state index contributed by atoms with van der Waals surface area (Å²) in [7, 11) is 1.25. The highest BCUT2D eigenvalue weighted by Gasteiger charge is 2.20. The van der Waals surface area contributed by atoms with Crippen LogP contribution < -0.4 is 0 Å². The summed E-state index contributed by atoms with van der Waals surface area (Å²) in [5, 5.41) is 0. The number of aromatic nitrogens is 2. The van der Waals surface area contributed by atoms with Gasteiger partial charge in [0.2, 0.25) is 0 Å². The van der Waals surface area contributed by atoms with Gasteiger partial charge in [0.15, 0.2) is 6.10 Å². The number of fused-ring (bicyclic) bond motifs is 1. The number of aryl methyl sites for hydroxylation is 1. The van der Waals surface area contributed by atoms with Crippen LogP contribution in [-0.2, 0) is 14.3 Å². The molecule has 3 aromatic rings. The number of nitrogens with zero attached hydrogens (tertiary/aromatic N) is 2. The molecule has 0 saturated heterocycles. The minimum Gasteiger partial charge on any atom is -0.466 e. The summed E-state index contributed by atoms with van der Waals surface area (Å²) in [5.41, 5.74) is 2.90. The highest BCUT2D eigenvalue weighted by atomic mass is 16.6. The van der Waals surface area contributed by atoms with Crippen LogP contribution in [-0.4, -0.2) is 34.7 Å². The molecule has 0 bridgehead atoms. The molecule has 0 N–H and O–H groups in total. The maximum absolute atomic E-state index is 12.2. The Morgan fingerprint density at radius 2 is 1.84 bits per heavy atom. The second kappa shape index (κ2) is 6.76.